The molecule has 0 saturated heterocycles. The van der Waals surface area contributed by atoms with E-state index in [-0.39, 0.29) is 6.04 Å². The smallest absolute Gasteiger partial charge is 0.328 e. The first-order valence-corrected chi connectivity index (χ1v) is 9.43. The van der Waals surface area contributed by atoms with Crippen molar-refractivity contribution in [2.24, 2.45) is 0 Å². The van der Waals surface area contributed by atoms with Gasteiger partial charge in [-0.05, 0) is 25.7 Å². The zero-order valence-electron chi connectivity index (χ0n) is 11.6. The number of carbonyl (C=O) groups excluding carboxylic acids is 1. The third-order valence-electron chi connectivity index (χ3n) is 4.20. The molecule has 5 nitrogen and oxygen atoms in total. The molecule has 0 aliphatic heterocycles. The second-order valence-electron chi connectivity index (χ2n) is 5.79. The SMILES string of the molecule is O=C(NC1CCCCC1)NS(=O)(=O)[C@@H]1CCCC[C@H]1Cl. The lowest BCUT2D eigenvalue weighted by molar-refractivity contribution is 0.237. The highest BCUT2D eigenvalue weighted by atomic mass is 35.5. The molecule has 2 N–H and O–H groups in total. The summed E-state index contributed by atoms with van der Waals surface area (Å²) in [5, 5.41) is 1.70. The number of amides is 2. The van der Waals surface area contributed by atoms with Crippen LogP contribution in [0.5, 0.6) is 0 Å². The molecule has 2 aliphatic rings. The van der Waals surface area contributed by atoms with Gasteiger partial charge in [-0.25, -0.2) is 17.9 Å². The van der Waals surface area contributed by atoms with Gasteiger partial charge in [0.2, 0.25) is 10.0 Å². The van der Waals surface area contributed by atoms with Gasteiger partial charge in [-0.2, -0.15) is 0 Å². The predicted octanol–water partition coefficient (Wildman–Crippen LogP) is 2.50. The van der Waals surface area contributed by atoms with Gasteiger partial charge in [-0.3, -0.25) is 0 Å². The van der Waals surface area contributed by atoms with Crippen LogP contribution in [0.15, 0.2) is 0 Å². The van der Waals surface area contributed by atoms with Crippen molar-refractivity contribution in [3.8, 4) is 0 Å². The predicted molar refractivity (Wildman–Crippen MR) is 79.4 cm³/mol. The van der Waals surface area contributed by atoms with Crippen LogP contribution < -0.4 is 10.0 Å². The van der Waals surface area contributed by atoms with Gasteiger partial charge >= 0.3 is 6.03 Å². The Kier molecular flexibility index (Phi) is 5.55. The number of sulfonamides is 1. The minimum atomic E-state index is -3.68. The minimum absolute atomic E-state index is 0.0945. The van der Waals surface area contributed by atoms with Crippen molar-refractivity contribution < 1.29 is 13.2 Å². The maximum absolute atomic E-state index is 12.2. The number of halogens is 1. The Morgan fingerprint density at radius 1 is 0.950 bits per heavy atom. The topological polar surface area (TPSA) is 75.3 Å². The number of hydrogen-bond acceptors (Lipinski definition) is 3. The van der Waals surface area contributed by atoms with Gasteiger partial charge in [-0.15, -0.1) is 11.6 Å². The van der Waals surface area contributed by atoms with Gasteiger partial charge < -0.3 is 5.32 Å². The number of alkyl halides is 1. The maximum Gasteiger partial charge on any atom is 0.328 e. The highest BCUT2D eigenvalue weighted by Crippen LogP contribution is 2.27. The summed E-state index contributed by atoms with van der Waals surface area (Å²) in [7, 11) is -3.68. The largest absolute Gasteiger partial charge is 0.335 e. The molecule has 0 aromatic rings. The van der Waals surface area contributed by atoms with E-state index in [4.69, 9.17) is 11.6 Å². The monoisotopic (exact) mass is 322 g/mol. The van der Waals surface area contributed by atoms with E-state index in [0.717, 1.165) is 38.5 Å². The van der Waals surface area contributed by atoms with Gasteiger partial charge in [0.1, 0.15) is 0 Å². The Morgan fingerprint density at radius 3 is 2.20 bits per heavy atom. The summed E-state index contributed by atoms with van der Waals surface area (Å²) in [4.78, 5) is 11.8. The van der Waals surface area contributed by atoms with Crippen molar-refractivity contribution in [3.63, 3.8) is 0 Å². The molecule has 0 spiro atoms. The zero-order chi connectivity index (χ0) is 14.6. The molecule has 2 amide bonds. The third-order valence-corrected chi connectivity index (χ3v) is 6.70. The lowest BCUT2D eigenvalue weighted by Gasteiger charge is -2.27. The Bertz CT molecular complexity index is 435. The van der Waals surface area contributed by atoms with E-state index >= 15 is 0 Å². The summed E-state index contributed by atoms with van der Waals surface area (Å²) in [6.07, 6.45) is 8.23. The normalized spacial score (nSPS) is 28.9. The highest BCUT2D eigenvalue weighted by molar-refractivity contribution is 7.90. The first-order chi connectivity index (χ1) is 9.49. The van der Waals surface area contributed by atoms with Crippen molar-refractivity contribution in [1.29, 1.82) is 0 Å². The molecule has 2 rings (SSSR count). The summed E-state index contributed by atoms with van der Waals surface area (Å²) in [6, 6.07) is -0.511. The number of rotatable bonds is 3. The molecule has 2 fully saturated rings. The molecule has 2 atom stereocenters. The fourth-order valence-electron chi connectivity index (χ4n) is 3.07. The Morgan fingerprint density at radius 2 is 1.55 bits per heavy atom. The number of urea groups is 1. The molecule has 0 unspecified atom stereocenters. The average molecular weight is 323 g/mol. The van der Waals surface area contributed by atoms with E-state index in [1.165, 1.54) is 6.42 Å². The van der Waals surface area contributed by atoms with E-state index in [0.29, 0.717) is 12.8 Å². The summed E-state index contributed by atoms with van der Waals surface area (Å²) < 4.78 is 26.5. The van der Waals surface area contributed by atoms with Crippen molar-refractivity contribution in [2.75, 3.05) is 0 Å². The number of hydrogen-bond donors (Lipinski definition) is 2. The molecule has 116 valence electrons. The van der Waals surface area contributed by atoms with E-state index in [1.54, 1.807) is 0 Å². The van der Waals surface area contributed by atoms with Crippen molar-refractivity contribution in [1.82, 2.24) is 10.0 Å². The van der Waals surface area contributed by atoms with Gasteiger partial charge in [-0.1, -0.05) is 32.1 Å². The van der Waals surface area contributed by atoms with Gasteiger partial charge in [0.05, 0.1) is 10.6 Å². The van der Waals surface area contributed by atoms with E-state index in [1.807, 2.05) is 0 Å². The Balaban J connectivity index is 1.88. The fourth-order valence-corrected chi connectivity index (χ4v) is 5.22. The summed E-state index contributed by atoms with van der Waals surface area (Å²) in [6.45, 7) is 0. The van der Waals surface area contributed by atoms with Crippen LogP contribution in [-0.2, 0) is 10.0 Å². The molecule has 0 heterocycles. The molecular formula is C13H23ClN2O3S. The van der Waals surface area contributed by atoms with Crippen LogP contribution in [0.25, 0.3) is 0 Å². The molecular weight excluding hydrogens is 300 g/mol. The average Bonchev–Trinajstić information content (AvgIpc) is 2.39. The van der Waals surface area contributed by atoms with Crippen LogP contribution in [-0.4, -0.2) is 31.1 Å². The van der Waals surface area contributed by atoms with Crippen molar-refractivity contribution in [2.45, 2.75) is 74.5 Å². The molecule has 20 heavy (non-hydrogen) atoms. The van der Waals surface area contributed by atoms with Crippen LogP contribution in [0, 0.1) is 0 Å². The van der Waals surface area contributed by atoms with Crippen LogP contribution >= 0.6 is 11.6 Å². The molecule has 7 heteroatoms. The highest BCUT2D eigenvalue weighted by Gasteiger charge is 2.35. The van der Waals surface area contributed by atoms with E-state index < -0.39 is 26.7 Å². The Hall–Kier alpha value is -0.490. The quantitative estimate of drug-likeness (QED) is 0.784. The van der Waals surface area contributed by atoms with Gasteiger partial charge in [0, 0.05) is 6.04 Å². The lowest BCUT2D eigenvalue weighted by Crippen LogP contribution is -2.50. The van der Waals surface area contributed by atoms with Crippen LogP contribution in [0.1, 0.15) is 57.8 Å². The summed E-state index contributed by atoms with van der Waals surface area (Å²) in [5.74, 6) is 0. The lowest BCUT2D eigenvalue weighted by atomic mass is 9.96. The first kappa shape index (κ1) is 15.9. The molecule has 0 aromatic heterocycles. The second kappa shape index (κ2) is 6.98. The first-order valence-electron chi connectivity index (χ1n) is 7.45. The molecule has 2 saturated carbocycles. The van der Waals surface area contributed by atoms with Crippen molar-refractivity contribution in [3.05, 3.63) is 0 Å². The van der Waals surface area contributed by atoms with E-state index in [9.17, 15) is 13.2 Å². The van der Waals surface area contributed by atoms with Crippen LogP contribution in [0.4, 0.5) is 4.79 Å². The van der Waals surface area contributed by atoms with Crippen LogP contribution in [0.3, 0.4) is 0 Å². The van der Waals surface area contributed by atoms with Gasteiger partial charge in [0.15, 0.2) is 0 Å². The van der Waals surface area contributed by atoms with Crippen LogP contribution in [0.2, 0.25) is 0 Å². The summed E-state index contributed by atoms with van der Waals surface area (Å²) in [5.41, 5.74) is 0. The number of carbonyl (C=O) groups is 1. The molecule has 0 aromatic carbocycles. The molecule has 0 bridgehead atoms. The summed E-state index contributed by atoms with van der Waals surface area (Å²) >= 11 is 6.09. The Labute approximate surface area is 125 Å². The third kappa shape index (κ3) is 4.25. The minimum Gasteiger partial charge on any atom is -0.335 e. The molecule has 2 aliphatic carbocycles. The molecule has 0 radical (unpaired) electrons. The standard InChI is InChI=1S/C13H23ClN2O3S/c14-11-8-4-5-9-12(11)20(18,19)16-13(17)15-10-6-2-1-3-7-10/h10-12H,1-9H2,(H2,15,16,17)/t11-,12-/m1/s1. The maximum atomic E-state index is 12.2. The fraction of sp³-hybridized carbons (Fsp3) is 0.923. The van der Waals surface area contributed by atoms with Crippen molar-refractivity contribution >= 4 is 27.7 Å². The number of nitrogens with one attached hydrogen (secondary N) is 2. The van der Waals surface area contributed by atoms with E-state index in [2.05, 4.69) is 10.0 Å². The zero-order valence-corrected chi connectivity index (χ0v) is 13.2. The van der Waals surface area contributed by atoms with Gasteiger partial charge in [0.25, 0.3) is 0 Å². The second-order valence-corrected chi connectivity index (χ2v) is 8.25.